The van der Waals surface area contributed by atoms with Gasteiger partial charge in [-0.25, -0.2) is 0 Å². The van der Waals surface area contributed by atoms with Gasteiger partial charge in [0.2, 0.25) is 5.91 Å². The summed E-state index contributed by atoms with van der Waals surface area (Å²) in [4.78, 5) is 24.5. The zero-order valence-corrected chi connectivity index (χ0v) is 51.7. The van der Waals surface area contributed by atoms with Gasteiger partial charge in [0.25, 0.3) is 0 Å². The van der Waals surface area contributed by atoms with Crippen LogP contribution in [0.1, 0.15) is 367 Å². The Morgan fingerprint density at radius 1 is 0.364 bits per heavy atom. The Kier molecular flexibility index (Phi) is 64.5. The normalized spacial score (nSPS) is 12.8. The van der Waals surface area contributed by atoms with Gasteiger partial charge in [-0.3, -0.25) is 9.59 Å². The summed E-state index contributed by atoms with van der Waals surface area (Å²) < 4.78 is 5.47. The number of aliphatic hydroxyl groups is 2. The number of carbonyl (C=O) groups is 2. The highest BCUT2D eigenvalue weighted by Gasteiger charge is 2.18. The number of aliphatic hydroxyl groups excluding tert-OH is 2. The number of amides is 1. The first-order valence-corrected chi connectivity index (χ1v) is 34.4. The molecular formula is C71H133NO5. The van der Waals surface area contributed by atoms with Crippen LogP contribution in [0.3, 0.4) is 0 Å². The highest BCUT2D eigenvalue weighted by molar-refractivity contribution is 5.76. The van der Waals surface area contributed by atoms with Crippen molar-refractivity contribution in [3.63, 3.8) is 0 Å². The zero-order valence-electron chi connectivity index (χ0n) is 51.7. The Balaban J connectivity index is 3.40. The molecule has 2 atom stereocenters. The third kappa shape index (κ3) is 62.9. The number of rotatable bonds is 64. The van der Waals surface area contributed by atoms with Crippen LogP contribution in [0.4, 0.5) is 0 Å². The Morgan fingerprint density at radius 2 is 0.649 bits per heavy atom. The van der Waals surface area contributed by atoms with Crippen molar-refractivity contribution in [1.29, 1.82) is 0 Å². The molecule has 0 spiro atoms. The third-order valence-electron chi connectivity index (χ3n) is 15.8. The van der Waals surface area contributed by atoms with Crippen molar-refractivity contribution in [3.8, 4) is 0 Å². The quantitative estimate of drug-likeness (QED) is 0.0320. The van der Waals surface area contributed by atoms with Gasteiger partial charge in [-0.2, -0.15) is 0 Å². The molecule has 0 aromatic rings. The molecule has 0 saturated carbocycles. The van der Waals surface area contributed by atoms with Crippen LogP contribution in [0.25, 0.3) is 0 Å². The fourth-order valence-electron chi connectivity index (χ4n) is 10.5. The molecule has 0 fully saturated rings. The predicted octanol–water partition coefficient (Wildman–Crippen LogP) is 22.1. The van der Waals surface area contributed by atoms with E-state index in [9.17, 15) is 19.8 Å². The Labute approximate surface area is 480 Å². The SMILES string of the molecule is CCCCC/C=C\CCCCCCCC(=O)OCCCCCCCCCCC/C=C\C/C=C\CCCCCCCCCCCCCCCCCCCC(=O)NC(CO)C(O)/C=C/CCCCCCCCCCCCCCC. The molecule has 0 aromatic carbocycles. The van der Waals surface area contributed by atoms with Crippen LogP contribution in [0.15, 0.2) is 48.6 Å². The monoisotopic (exact) mass is 1080 g/mol. The van der Waals surface area contributed by atoms with Gasteiger partial charge in [0.15, 0.2) is 0 Å². The van der Waals surface area contributed by atoms with E-state index in [1.54, 1.807) is 6.08 Å². The number of unbranched alkanes of at least 4 members (excludes halogenated alkanes) is 47. The molecule has 2 unspecified atom stereocenters. The molecule has 0 rings (SSSR count). The Hall–Kier alpha value is -2.18. The van der Waals surface area contributed by atoms with Crippen LogP contribution >= 0.6 is 0 Å². The minimum Gasteiger partial charge on any atom is -0.466 e. The number of esters is 1. The molecule has 0 radical (unpaired) electrons. The Morgan fingerprint density at radius 3 is 1.03 bits per heavy atom. The van der Waals surface area contributed by atoms with Gasteiger partial charge in [-0.15, -0.1) is 0 Å². The molecule has 3 N–H and O–H groups in total. The standard InChI is InChI=1S/C71H133NO5/c1-3-5-7-9-11-13-15-17-37-40-43-47-51-55-59-63-69(74)68(67-73)72-70(75)64-60-56-52-48-44-41-38-35-33-31-29-27-25-23-21-19-18-20-22-24-26-28-30-32-34-36-39-42-46-50-54-58-62-66-77-71(76)65-61-57-53-49-45-16-14-12-10-8-6-4-2/h12,14,22,24,28,30,59,63,68-69,73-74H,3-11,13,15-21,23,25-27,29,31-58,60-62,64-67H2,1-2H3,(H,72,75)/b14-12-,24-22-,30-28-,63-59+. The van der Waals surface area contributed by atoms with Gasteiger partial charge in [-0.1, -0.05) is 313 Å². The van der Waals surface area contributed by atoms with E-state index in [1.165, 1.54) is 289 Å². The second kappa shape index (κ2) is 66.3. The Bertz CT molecular complexity index is 1290. The predicted molar refractivity (Wildman–Crippen MR) is 338 cm³/mol. The molecule has 6 nitrogen and oxygen atoms in total. The van der Waals surface area contributed by atoms with Gasteiger partial charge >= 0.3 is 5.97 Å². The van der Waals surface area contributed by atoms with Gasteiger partial charge in [0, 0.05) is 12.8 Å². The van der Waals surface area contributed by atoms with Crippen molar-refractivity contribution in [2.45, 2.75) is 379 Å². The summed E-state index contributed by atoms with van der Waals surface area (Å²) >= 11 is 0. The van der Waals surface area contributed by atoms with Crippen LogP contribution in [0.2, 0.25) is 0 Å². The van der Waals surface area contributed by atoms with Crippen molar-refractivity contribution in [1.82, 2.24) is 5.32 Å². The number of allylic oxidation sites excluding steroid dienone is 7. The first kappa shape index (κ1) is 74.8. The third-order valence-corrected chi connectivity index (χ3v) is 15.8. The largest absolute Gasteiger partial charge is 0.466 e. The van der Waals surface area contributed by atoms with Crippen molar-refractivity contribution >= 4 is 11.9 Å². The molecule has 0 aromatic heterocycles. The minimum atomic E-state index is -0.843. The van der Waals surface area contributed by atoms with Crippen molar-refractivity contribution < 1.29 is 24.5 Å². The van der Waals surface area contributed by atoms with Crippen molar-refractivity contribution in [2.24, 2.45) is 0 Å². The summed E-state index contributed by atoms with van der Waals surface area (Å²) in [6, 6.07) is -0.627. The van der Waals surface area contributed by atoms with Crippen LogP contribution < -0.4 is 5.32 Å². The zero-order chi connectivity index (χ0) is 55.7. The molecule has 0 bridgehead atoms. The topological polar surface area (TPSA) is 95.9 Å². The fraction of sp³-hybridized carbons (Fsp3) is 0.859. The van der Waals surface area contributed by atoms with E-state index in [1.807, 2.05) is 6.08 Å². The van der Waals surface area contributed by atoms with E-state index < -0.39 is 12.1 Å². The van der Waals surface area contributed by atoms with E-state index in [0.717, 1.165) is 51.4 Å². The lowest BCUT2D eigenvalue weighted by Crippen LogP contribution is -2.45. The molecule has 0 heterocycles. The molecule has 1 amide bonds. The second-order valence-electron chi connectivity index (χ2n) is 23.5. The molecular weight excluding hydrogens is 947 g/mol. The van der Waals surface area contributed by atoms with E-state index >= 15 is 0 Å². The average Bonchev–Trinajstić information content (AvgIpc) is 3.43. The van der Waals surface area contributed by atoms with Gasteiger partial charge < -0.3 is 20.3 Å². The first-order valence-electron chi connectivity index (χ1n) is 34.4. The minimum absolute atomic E-state index is 0.00368. The van der Waals surface area contributed by atoms with E-state index in [-0.39, 0.29) is 18.5 Å². The molecule has 452 valence electrons. The summed E-state index contributed by atoms with van der Waals surface area (Å²) in [5, 5.41) is 23.2. The number of nitrogens with one attached hydrogen (secondary N) is 1. The average molecular weight is 1080 g/mol. The smallest absolute Gasteiger partial charge is 0.305 e. The van der Waals surface area contributed by atoms with E-state index in [0.29, 0.717) is 19.4 Å². The van der Waals surface area contributed by atoms with Gasteiger partial charge in [-0.05, 0) is 89.9 Å². The first-order chi connectivity index (χ1) is 38.0. The molecule has 77 heavy (non-hydrogen) atoms. The number of ether oxygens (including phenoxy) is 1. The maximum absolute atomic E-state index is 12.5. The van der Waals surface area contributed by atoms with Crippen LogP contribution in [0.5, 0.6) is 0 Å². The molecule has 6 heteroatoms. The van der Waals surface area contributed by atoms with Crippen LogP contribution in [-0.4, -0.2) is 47.4 Å². The summed E-state index contributed by atoms with van der Waals surface area (Å²) in [5.41, 5.74) is 0. The highest BCUT2D eigenvalue weighted by atomic mass is 16.5. The number of hydrogen-bond donors (Lipinski definition) is 3. The van der Waals surface area contributed by atoms with Crippen LogP contribution in [-0.2, 0) is 14.3 Å². The number of hydrogen-bond acceptors (Lipinski definition) is 5. The van der Waals surface area contributed by atoms with Crippen molar-refractivity contribution in [2.75, 3.05) is 13.2 Å². The molecule has 0 aliphatic heterocycles. The lowest BCUT2D eigenvalue weighted by molar-refractivity contribution is -0.143. The van der Waals surface area contributed by atoms with Gasteiger partial charge in [0.05, 0.1) is 25.4 Å². The molecule has 0 aliphatic rings. The maximum Gasteiger partial charge on any atom is 0.305 e. The lowest BCUT2D eigenvalue weighted by Gasteiger charge is -2.20. The maximum atomic E-state index is 12.5. The summed E-state index contributed by atoms with van der Waals surface area (Å²) in [6.45, 7) is 4.89. The summed E-state index contributed by atoms with van der Waals surface area (Å²) in [5.74, 6) is -0.0608. The number of carbonyl (C=O) groups excluding carboxylic acids is 2. The van der Waals surface area contributed by atoms with Gasteiger partial charge in [0.1, 0.15) is 0 Å². The highest BCUT2D eigenvalue weighted by Crippen LogP contribution is 2.18. The molecule has 0 aliphatic carbocycles. The van der Waals surface area contributed by atoms with E-state index in [4.69, 9.17) is 4.74 Å². The van der Waals surface area contributed by atoms with E-state index in [2.05, 4.69) is 55.6 Å². The van der Waals surface area contributed by atoms with Crippen LogP contribution in [0, 0.1) is 0 Å². The molecule has 0 saturated heterocycles. The summed E-state index contributed by atoms with van der Waals surface area (Å²) in [6.07, 6.45) is 86.2. The second-order valence-corrected chi connectivity index (χ2v) is 23.5. The lowest BCUT2D eigenvalue weighted by atomic mass is 10.0. The fourth-order valence-corrected chi connectivity index (χ4v) is 10.5. The summed E-state index contributed by atoms with van der Waals surface area (Å²) in [7, 11) is 0. The van der Waals surface area contributed by atoms with Crippen molar-refractivity contribution in [3.05, 3.63) is 48.6 Å².